The second kappa shape index (κ2) is 7.24. The second-order valence-electron chi connectivity index (χ2n) is 4.94. The first-order valence-electron chi connectivity index (χ1n) is 7.04. The standard InChI is InChI=1S/C16H21N3OS/c1-3-19(11-15-8-5-9-21-15)16(20)18-14-7-4-6-13(10-14)12(2)17/h4-10,12H,3,11,17H2,1-2H3,(H,18,20). The molecule has 0 saturated carbocycles. The van der Waals surface area contributed by atoms with Crippen LogP contribution in [0.15, 0.2) is 41.8 Å². The van der Waals surface area contributed by atoms with Gasteiger partial charge in [-0.15, -0.1) is 11.3 Å². The first-order chi connectivity index (χ1) is 10.1. The van der Waals surface area contributed by atoms with Crippen molar-refractivity contribution in [2.24, 2.45) is 5.73 Å². The maximum atomic E-state index is 12.3. The predicted molar refractivity (Wildman–Crippen MR) is 88.5 cm³/mol. The van der Waals surface area contributed by atoms with Crippen molar-refractivity contribution in [2.45, 2.75) is 26.4 Å². The number of anilines is 1. The minimum absolute atomic E-state index is 0.0461. The highest BCUT2D eigenvalue weighted by Gasteiger charge is 2.13. The van der Waals surface area contributed by atoms with E-state index in [1.165, 1.54) is 4.88 Å². The summed E-state index contributed by atoms with van der Waals surface area (Å²) in [6, 6.07) is 11.6. The number of carbonyl (C=O) groups excluding carboxylic acids is 1. The van der Waals surface area contributed by atoms with Crippen LogP contribution in [-0.4, -0.2) is 17.5 Å². The molecule has 3 N–H and O–H groups in total. The number of hydrogen-bond acceptors (Lipinski definition) is 3. The number of amides is 2. The Hall–Kier alpha value is -1.85. The van der Waals surface area contributed by atoms with Gasteiger partial charge in [0.05, 0.1) is 6.54 Å². The molecule has 1 aromatic heterocycles. The van der Waals surface area contributed by atoms with E-state index in [-0.39, 0.29) is 12.1 Å². The van der Waals surface area contributed by atoms with E-state index in [2.05, 4.69) is 5.32 Å². The topological polar surface area (TPSA) is 58.4 Å². The van der Waals surface area contributed by atoms with Crippen LogP contribution in [0.5, 0.6) is 0 Å². The second-order valence-corrected chi connectivity index (χ2v) is 5.97. The molecular formula is C16H21N3OS. The van der Waals surface area contributed by atoms with Gasteiger partial charge in [0.2, 0.25) is 0 Å². The molecule has 0 aliphatic rings. The molecule has 2 aromatic rings. The number of nitrogens with one attached hydrogen (secondary N) is 1. The summed E-state index contributed by atoms with van der Waals surface area (Å²) < 4.78 is 0. The number of nitrogens with two attached hydrogens (primary N) is 1. The molecule has 1 atom stereocenters. The van der Waals surface area contributed by atoms with Crippen molar-refractivity contribution < 1.29 is 4.79 Å². The lowest BCUT2D eigenvalue weighted by Crippen LogP contribution is -2.34. The van der Waals surface area contributed by atoms with Gasteiger partial charge in [-0.25, -0.2) is 4.79 Å². The third kappa shape index (κ3) is 4.31. The average Bonchev–Trinajstić information content (AvgIpc) is 2.97. The van der Waals surface area contributed by atoms with Crippen LogP contribution in [0, 0.1) is 0 Å². The molecule has 5 heteroatoms. The molecular weight excluding hydrogens is 282 g/mol. The Morgan fingerprint density at radius 3 is 2.81 bits per heavy atom. The highest BCUT2D eigenvalue weighted by atomic mass is 32.1. The maximum Gasteiger partial charge on any atom is 0.322 e. The van der Waals surface area contributed by atoms with E-state index in [0.717, 1.165) is 11.3 Å². The molecule has 1 unspecified atom stereocenters. The van der Waals surface area contributed by atoms with Gasteiger partial charge in [-0.1, -0.05) is 18.2 Å². The van der Waals surface area contributed by atoms with Crippen molar-refractivity contribution in [3.8, 4) is 0 Å². The van der Waals surface area contributed by atoms with Gasteiger partial charge in [-0.05, 0) is 43.0 Å². The molecule has 0 aliphatic heterocycles. The fraction of sp³-hybridized carbons (Fsp3) is 0.312. The van der Waals surface area contributed by atoms with Crippen molar-refractivity contribution in [1.29, 1.82) is 0 Å². The number of rotatable bonds is 5. The Morgan fingerprint density at radius 2 is 2.19 bits per heavy atom. The van der Waals surface area contributed by atoms with Crippen molar-refractivity contribution in [3.63, 3.8) is 0 Å². The van der Waals surface area contributed by atoms with Crippen molar-refractivity contribution in [3.05, 3.63) is 52.2 Å². The van der Waals surface area contributed by atoms with E-state index in [9.17, 15) is 4.79 Å². The lowest BCUT2D eigenvalue weighted by Gasteiger charge is -2.21. The molecule has 1 aromatic carbocycles. The monoisotopic (exact) mass is 303 g/mol. The Bertz CT molecular complexity index is 581. The van der Waals surface area contributed by atoms with Gasteiger partial charge in [0.1, 0.15) is 0 Å². The van der Waals surface area contributed by atoms with Gasteiger partial charge in [-0.2, -0.15) is 0 Å². The molecule has 0 bridgehead atoms. The lowest BCUT2D eigenvalue weighted by atomic mass is 10.1. The molecule has 0 fully saturated rings. The van der Waals surface area contributed by atoms with Crippen molar-refractivity contribution in [2.75, 3.05) is 11.9 Å². The van der Waals surface area contributed by atoms with Gasteiger partial charge < -0.3 is 16.0 Å². The van der Waals surface area contributed by atoms with Crippen molar-refractivity contribution in [1.82, 2.24) is 4.90 Å². The quantitative estimate of drug-likeness (QED) is 0.882. The van der Waals surface area contributed by atoms with Crippen molar-refractivity contribution >= 4 is 23.1 Å². The fourth-order valence-corrected chi connectivity index (χ4v) is 2.74. The van der Waals surface area contributed by atoms with E-state index in [0.29, 0.717) is 13.1 Å². The van der Waals surface area contributed by atoms with Crippen LogP contribution in [0.4, 0.5) is 10.5 Å². The first-order valence-corrected chi connectivity index (χ1v) is 7.92. The summed E-state index contributed by atoms with van der Waals surface area (Å²) >= 11 is 1.66. The molecule has 1 heterocycles. The van der Waals surface area contributed by atoms with E-state index >= 15 is 0 Å². The Balaban J connectivity index is 2.03. The maximum absolute atomic E-state index is 12.3. The summed E-state index contributed by atoms with van der Waals surface area (Å²) in [5, 5.41) is 4.96. The normalized spacial score (nSPS) is 12.0. The summed E-state index contributed by atoms with van der Waals surface area (Å²) in [7, 11) is 0. The van der Waals surface area contributed by atoms with Gasteiger partial charge in [0, 0.05) is 23.2 Å². The third-order valence-corrected chi connectivity index (χ3v) is 4.12. The molecule has 0 radical (unpaired) electrons. The summed E-state index contributed by atoms with van der Waals surface area (Å²) in [5.74, 6) is 0. The van der Waals surface area contributed by atoms with Gasteiger partial charge >= 0.3 is 6.03 Å². The highest BCUT2D eigenvalue weighted by Crippen LogP contribution is 2.17. The van der Waals surface area contributed by atoms with E-state index in [1.54, 1.807) is 16.2 Å². The molecule has 2 amide bonds. The van der Waals surface area contributed by atoms with Crippen LogP contribution in [-0.2, 0) is 6.54 Å². The highest BCUT2D eigenvalue weighted by molar-refractivity contribution is 7.09. The van der Waals surface area contributed by atoms with Gasteiger partial charge in [-0.3, -0.25) is 0 Å². The zero-order valence-corrected chi connectivity index (χ0v) is 13.2. The smallest absolute Gasteiger partial charge is 0.322 e. The Kier molecular flexibility index (Phi) is 5.36. The molecule has 112 valence electrons. The summed E-state index contributed by atoms with van der Waals surface area (Å²) in [5.41, 5.74) is 7.65. The molecule has 0 aliphatic carbocycles. The zero-order chi connectivity index (χ0) is 15.2. The van der Waals surface area contributed by atoms with Crippen LogP contribution >= 0.6 is 11.3 Å². The van der Waals surface area contributed by atoms with Crippen LogP contribution in [0.1, 0.15) is 30.3 Å². The van der Waals surface area contributed by atoms with Crippen LogP contribution in [0.25, 0.3) is 0 Å². The number of benzene rings is 1. The van der Waals surface area contributed by atoms with Crippen LogP contribution < -0.4 is 11.1 Å². The summed E-state index contributed by atoms with van der Waals surface area (Å²) in [4.78, 5) is 15.3. The number of urea groups is 1. The number of nitrogens with zero attached hydrogens (tertiary/aromatic N) is 1. The van der Waals surface area contributed by atoms with Crippen LogP contribution in [0.3, 0.4) is 0 Å². The largest absolute Gasteiger partial charge is 0.324 e. The van der Waals surface area contributed by atoms with E-state index in [1.807, 2.05) is 55.6 Å². The minimum Gasteiger partial charge on any atom is -0.324 e. The van der Waals surface area contributed by atoms with E-state index < -0.39 is 0 Å². The molecule has 21 heavy (non-hydrogen) atoms. The Morgan fingerprint density at radius 1 is 1.38 bits per heavy atom. The Labute approximate surface area is 129 Å². The molecule has 4 nitrogen and oxygen atoms in total. The first kappa shape index (κ1) is 15.5. The minimum atomic E-state index is -0.0901. The summed E-state index contributed by atoms with van der Waals surface area (Å²) in [6.07, 6.45) is 0. The van der Waals surface area contributed by atoms with Gasteiger partial charge in [0.25, 0.3) is 0 Å². The summed E-state index contributed by atoms with van der Waals surface area (Å²) in [6.45, 7) is 5.20. The zero-order valence-electron chi connectivity index (χ0n) is 12.4. The molecule has 0 saturated heterocycles. The molecule has 2 rings (SSSR count). The lowest BCUT2D eigenvalue weighted by molar-refractivity contribution is 0.212. The van der Waals surface area contributed by atoms with Crippen LogP contribution in [0.2, 0.25) is 0 Å². The average molecular weight is 303 g/mol. The van der Waals surface area contributed by atoms with Gasteiger partial charge in [0.15, 0.2) is 0 Å². The number of carbonyl (C=O) groups is 1. The number of hydrogen-bond donors (Lipinski definition) is 2. The third-order valence-electron chi connectivity index (χ3n) is 3.26. The SMILES string of the molecule is CCN(Cc1cccs1)C(=O)Nc1cccc(C(C)N)c1. The number of thiophene rings is 1. The predicted octanol–water partition coefficient (Wildman–Crippen LogP) is 3.82. The van der Waals surface area contributed by atoms with E-state index in [4.69, 9.17) is 5.73 Å². The molecule has 0 spiro atoms. The fourth-order valence-electron chi connectivity index (χ4n) is 2.02.